The summed E-state index contributed by atoms with van der Waals surface area (Å²) in [5.41, 5.74) is 9.76. The lowest BCUT2D eigenvalue weighted by Gasteiger charge is -2.11. The summed E-state index contributed by atoms with van der Waals surface area (Å²) in [6.45, 7) is 4.08. The third kappa shape index (κ3) is 4.80. The van der Waals surface area contributed by atoms with Crippen LogP contribution in [-0.4, -0.2) is 5.91 Å². The lowest BCUT2D eigenvalue weighted by Crippen LogP contribution is -2.30. The summed E-state index contributed by atoms with van der Waals surface area (Å²) < 4.78 is 0. The zero-order chi connectivity index (χ0) is 18.7. The Balaban J connectivity index is 1.60. The van der Waals surface area contributed by atoms with Gasteiger partial charge in [0.15, 0.2) is 0 Å². The number of hydrogen-bond acceptors (Lipinski definition) is 2. The number of anilines is 1. The molecule has 0 radical (unpaired) electrons. The van der Waals surface area contributed by atoms with E-state index in [4.69, 9.17) is 23.2 Å². The predicted molar refractivity (Wildman–Crippen MR) is 110 cm³/mol. The molecule has 0 spiro atoms. The average Bonchev–Trinajstić information content (AvgIpc) is 3.47. The summed E-state index contributed by atoms with van der Waals surface area (Å²) in [5, 5.41) is 1.20. The number of rotatable bonds is 6. The molecular weight excluding hydrogens is 367 g/mol. The Hall–Kier alpha value is -1.97. The zero-order valence-electron chi connectivity index (χ0n) is 14.9. The number of nitrogens with one attached hydrogen (secondary N) is 2. The fraction of sp³-hybridized carbons (Fsp3) is 0.286. The molecule has 0 aliphatic heterocycles. The van der Waals surface area contributed by atoms with Crippen molar-refractivity contribution in [1.82, 2.24) is 5.43 Å². The highest BCUT2D eigenvalue weighted by atomic mass is 35.5. The second-order valence-corrected chi connectivity index (χ2v) is 7.58. The number of aryl methyl sites for hydroxylation is 1. The normalized spacial score (nSPS) is 15.1. The summed E-state index contributed by atoms with van der Waals surface area (Å²) in [6.07, 6.45) is 6.20. The number of hydrazine groups is 1. The van der Waals surface area contributed by atoms with Gasteiger partial charge in [-0.25, -0.2) is 0 Å². The van der Waals surface area contributed by atoms with E-state index < -0.39 is 0 Å². The van der Waals surface area contributed by atoms with E-state index in [0.717, 1.165) is 35.2 Å². The van der Waals surface area contributed by atoms with E-state index in [9.17, 15) is 4.79 Å². The minimum absolute atomic E-state index is 0.0692. The van der Waals surface area contributed by atoms with Crippen molar-refractivity contribution in [2.75, 3.05) is 5.43 Å². The van der Waals surface area contributed by atoms with Crippen LogP contribution in [0.4, 0.5) is 5.69 Å². The lowest BCUT2D eigenvalue weighted by molar-refractivity contribution is -0.121. The van der Waals surface area contributed by atoms with Crippen LogP contribution in [0.3, 0.4) is 0 Å². The van der Waals surface area contributed by atoms with E-state index >= 15 is 0 Å². The molecule has 0 saturated heterocycles. The van der Waals surface area contributed by atoms with Gasteiger partial charge in [-0.05, 0) is 60.6 Å². The van der Waals surface area contributed by atoms with E-state index in [1.54, 1.807) is 0 Å². The molecule has 0 bridgehead atoms. The van der Waals surface area contributed by atoms with Crippen molar-refractivity contribution in [1.29, 1.82) is 0 Å². The number of halogens is 2. The SMILES string of the molecule is Cc1cc(C(C)/C=C/c2ccc(NNC(=O)C3CC3)cc2)cc(Cl)c1Cl. The highest BCUT2D eigenvalue weighted by Crippen LogP contribution is 2.31. The molecule has 3 rings (SSSR count). The first-order chi connectivity index (χ1) is 12.4. The van der Waals surface area contributed by atoms with Gasteiger partial charge in [0, 0.05) is 5.92 Å². The average molecular weight is 389 g/mol. The molecule has 26 heavy (non-hydrogen) atoms. The van der Waals surface area contributed by atoms with Gasteiger partial charge in [0.2, 0.25) is 5.91 Å². The molecule has 2 aromatic carbocycles. The third-order valence-electron chi connectivity index (χ3n) is 4.52. The van der Waals surface area contributed by atoms with Crippen LogP contribution >= 0.6 is 23.2 Å². The third-order valence-corrected chi connectivity index (χ3v) is 5.42. The van der Waals surface area contributed by atoms with Crippen molar-refractivity contribution in [3.05, 3.63) is 69.2 Å². The molecule has 2 aromatic rings. The van der Waals surface area contributed by atoms with Crippen LogP contribution in [0.15, 0.2) is 42.5 Å². The van der Waals surface area contributed by atoms with E-state index in [-0.39, 0.29) is 17.7 Å². The van der Waals surface area contributed by atoms with Gasteiger partial charge < -0.3 is 0 Å². The first kappa shape index (κ1) is 18.8. The molecule has 1 atom stereocenters. The quantitative estimate of drug-likeness (QED) is 0.598. The smallest absolute Gasteiger partial charge is 0.241 e. The van der Waals surface area contributed by atoms with E-state index in [2.05, 4.69) is 36.0 Å². The van der Waals surface area contributed by atoms with Crippen LogP contribution < -0.4 is 10.9 Å². The molecule has 3 nitrogen and oxygen atoms in total. The fourth-order valence-electron chi connectivity index (χ4n) is 2.64. The molecule has 0 aromatic heterocycles. The Morgan fingerprint density at radius 1 is 1.19 bits per heavy atom. The number of allylic oxidation sites excluding steroid dienone is 1. The van der Waals surface area contributed by atoms with Crippen molar-refractivity contribution >= 4 is 40.9 Å². The maximum absolute atomic E-state index is 11.6. The second-order valence-electron chi connectivity index (χ2n) is 6.79. The van der Waals surface area contributed by atoms with Gasteiger partial charge in [0.05, 0.1) is 15.7 Å². The van der Waals surface area contributed by atoms with Crippen molar-refractivity contribution in [2.24, 2.45) is 5.92 Å². The summed E-state index contributed by atoms with van der Waals surface area (Å²) >= 11 is 12.3. The standard InChI is InChI=1S/C21H22Cl2N2O/c1-13(17-11-14(2)20(23)19(22)12-17)3-4-15-5-9-18(10-6-15)24-25-21(26)16-7-8-16/h3-6,9-13,16,24H,7-8H2,1-2H3,(H,25,26)/b4-3+. The Labute approximate surface area is 164 Å². The fourth-order valence-corrected chi connectivity index (χ4v) is 3.03. The van der Waals surface area contributed by atoms with Crippen molar-refractivity contribution in [3.63, 3.8) is 0 Å². The Morgan fingerprint density at radius 3 is 2.50 bits per heavy atom. The summed E-state index contributed by atoms with van der Waals surface area (Å²) in [5.74, 6) is 0.481. The number of amides is 1. The van der Waals surface area contributed by atoms with Crippen molar-refractivity contribution in [2.45, 2.75) is 32.6 Å². The maximum Gasteiger partial charge on any atom is 0.241 e. The van der Waals surface area contributed by atoms with Crippen LogP contribution in [0, 0.1) is 12.8 Å². The Kier molecular flexibility index (Phi) is 5.90. The number of benzene rings is 2. The minimum atomic E-state index is 0.0692. The van der Waals surface area contributed by atoms with Gasteiger partial charge in [-0.1, -0.05) is 60.5 Å². The number of carbonyl (C=O) groups excluding carboxylic acids is 1. The van der Waals surface area contributed by atoms with Crippen LogP contribution in [0.2, 0.25) is 10.0 Å². The van der Waals surface area contributed by atoms with Gasteiger partial charge in [0.1, 0.15) is 0 Å². The Bertz CT molecular complexity index is 803. The van der Waals surface area contributed by atoms with Crippen LogP contribution in [0.5, 0.6) is 0 Å². The molecule has 1 aliphatic carbocycles. The van der Waals surface area contributed by atoms with Crippen molar-refractivity contribution in [3.8, 4) is 0 Å². The van der Waals surface area contributed by atoms with Crippen LogP contribution in [0.1, 0.15) is 42.4 Å². The minimum Gasteiger partial charge on any atom is -0.299 e. The molecule has 1 unspecified atom stereocenters. The summed E-state index contributed by atoms with van der Waals surface area (Å²) in [7, 11) is 0. The first-order valence-corrected chi connectivity index (χ1v) is 9.49. The highest BCUT2D eigenvalue weighted by Gasteiger charge is 2.29. The van der Waals surface area contributed by atoms with Gasteiger partial charge in [-0.3, -0.25) is 15.6 Å². The molecule has 136 valence electrons. The molecule has 1 saturated carbocycles. The Morgan fingerprint density at radius 2 is 1.88 bits per heavy atom. The largest absolute Gasteiger partial charge is 0.299 e. The van der Waals surface area contributed by atoms with E-state index in [1.807, 2.05) is 37.3 Å². The summed E-state index contributed by atoms with van der Waals surface area (Å²) in [4.78, 5) is 11.6. The van der Waals surface area contributed by atoms with Crippen LogP contribution in [-0.2, 0) is 4.79 Å². The maximum atomic E-state index is 11.6. The number of hydrogen-bond donors (Lipinski definition) is 2. The summed E-state index contributed by atoms with van der Waals surface area (Å²) in [6, 6.07) is 11.9. The van der Waals surface area contributed by atoms with Crippen LogP contribution in [0.25, 0.3) is 6.08 Å². The zero-order valence-corrected chi connectivity index (χ0v) is 16.4. The van der Waals surface area contributed by atoms with Crippen molar-refractivity contribution < 1.29 is 4.79 Å². The predicted octanol–water partition coefficient (Wildman–Crippen LogP) is 5.97. The van der Waals surface area contributed by atoms with Gasteiger partial charge in [-0.2, -0.15) is 0 Å². The lowest BCUT2D eigenvalue weighted by atomic mass is 9.98. The monoisotopic (exact) mass is 388 g/mol. The second kappa shape index (κ2) is 8.15. The molecule has 0 heterocycles. The number of carbonyl (C=O) groups is 1. The topological polar surface area (TPSA) is 41.1 Å². The van der Waals surface area contributed by atoms with Gasteiger partial charge in [0.25, 0.3) is 0 Å². The van der Waals surface area contributed by atoms with Gasteiger partial charge in [-0.15, -0.1) is 0 Å². The van der Waals surface area contributed by atoms with Gasteiger partial charge >= 0.3 is 0 Å². The molecule has 1 amide bonds. The molecular formula is C21H22Cl2N2O. The molecule has 1 fully saturated rings. The molecule has 2 N–H and O–H groups in total. The van der Waals surface area contributed by atoms with E-state index in [0.29, 0.717) is 10.0 Å². The highest BCUT2D eigenvalue weighted by molar-refractivity contribution is 6.42. The first-order valence-electron chi connectivity index (χ1n) is 8.73. The van der Waals surface area contributed by atoms with E-state index in [1.165, 1.54) is 0 Å². The molecule has 5 heteroatoms. The molecule has 1 aliphatic rings.